The fourth-order valence-electron chi connectivity index (χ4n) is 3.34. The van der Waals surface area contributed by atoms with Gasteiger partial charge in [0.25, 0.3) is 0 Å². The summed E-state index contributed by atoms with van der Waals surface area (Å²) in [6.45, 7) is 1.91. The third-order valence-corrected chi connectivity index (χ3v) is 4.59. The lowest BCUT2D eigenvalue weighted by molar-refractivity contribution is 0.244. The number of aromatic nitrogens is 5. The summed E-state index contributed by atoms with van der Waals surface area (Å²) in [7, 11) is 3.95. The fourth-order valence-corrected chi connectivity index (χ4v) is 3.34. The minimum Gasteiger partial charge on any atom is -0.361 e. The first-order valence-electron chi connectivity index (χ1n) is 8.24. The van der Waals surface area contributed by atoms with Gasteiger partial charge in [0.05, 0.1) is 11.7 Å². The Balaban J connectivity index is 1.56. The predicted molar refractivity (Wildman–Crippen MR) is 92.6 cm³/mol. The van der Waals surface area contributed by atoms with Crippen LogP contribution in [0, 0.1) is 0 Å². The molecule has 0 aliphatic carbocycles. The molecule has 1 aliphatic heterocycles. The Labute approximate surface area is 140 Å². The minimum atomic E-state index is 0.315. The molecule has 124 valence electrons. The van der Waals surface area contributed by atoms with Gasteiger partial charge in [-0.1, -0.05) is 0 Å². The highest BCUT2D eigenvalue weighted by atomic mass is 15.3. The summed E-state index contributed by atoms with van der Waals surface area (Å²) in [5.41, 5.74) is 4.03. The standard InChI is InChI=1S/C17H21N7/c1-23(2)15-6-5-13(21-22-15)14-4-3-9-24(14)11-12-10-20-17-16(12)18-7-8-19-17/h5-8,10,14H,3-4,9,11H2,1-2H3,(H,19,20). The maximum atomic E-state index is 4.46. The molecule has 1 atom stereocenters. The molecule has 1 fully saturated rings. The van der Waals surface area contributed by atoms with Crippen molar-refractivity contribution in [2.45, 2.75) is 25.4 Å². The second-order valence-electron chi connectivity index (χ2n) is 6.41. The summed E-state index contributed by atoms with van der Waals surface area (Å²) >= 11 is 0. The first-order valence-corrected chi connectivity index (χ1v) is 8.24. The summed E-state index contributed by atoms with van der Waals surface area (Å²) in [5, 5.41) is 8.78. The molecule has 1 unspecified atom stereocenters. The van der Waals surface area contributed by atoms with Gasteiger partial charge >= 0.3 is 0 Å². The van der Waals surface area contributed by atoms with Gasteiger partial charge in [0.1, 0.15) is 5.52 Å². The topological polar surface area (TPSA) is 73.8 Å². The fraction of sp³-hybridized carbons (Fsp3) is 0.412. The van der Waals surface area contributed by atoms with Crippen LogP contribution in [0.3, 0.4) is 0 Å². The lowest BCUT2D eigenvalue weighted by atomic mass is 10.1. The van der Waals surface area contributed by atoms with Gasteiger partial charge in [-0.25, -0.2) is 4.98 Å². The van der Waals surface area contributed by atoms with Crippen LogP contribution in [0.25, 0.3) is 11.2 Å². The largest absolute Gasteiger partial charge is 0.361 e. The van der Waals surface area contributed by atoms with Crippen molar-refractivity contribution in [3.05, 3.63) is 42.0 Å². The minimum absolute atomic E-state index is 0.315. The number of anilines is 1. The van der Waals surface area contributed by atoms with Crippen LogP contribution in [0.2, 0.25) is 0 Å². The predicted octanol–water partition coefficient (Wildman–Crippen LogP) is 2.15. The molecule has 3 aromatic heterocycles. The molecule has 0 amide bonds. The molecule has 1 N–H and O–H groups in total. The van der Waals surface area contributed by atoms with E-state index >= 15 is 0 Å². The summed E-state index contributed by atoms with van der Waals surface area (Å²) in [6, 6.07) is 4.45. The van der Waals surface area contributed by atoms with Crippen molar-refractivity contribution in [3.63, 3.8) is 0 Å². The Morgan fingerprint density at radius 3 is 2.88 bits per heavy atom. The van der Waals surface area contributed by atoms with E-state index in [1.165, 1.54) is 12.0 Å². The highest BCUT2D eigenvalue weighted by Gasteiger charge is 2.28. The first kappa shape index (κ1) is 15.0. The van der Waals surface area contributed by atoms with Crippen LogP contribution in [-0.2, 0) is 6.54 Å². The molecule has 0 aromatic carbocycles. The van der Waals surface area contributed by atoms with Gasteiger partial charge in [-0.2, -0.15) is 5.10 Å². The van der Waals surface area contributed by atoms with Crippen molar-refractivity contribution < 1.29 is 0 Å². The number of rotatable bonds is 4. The molecule has 0 spiro atoms. The Kier molecular flexibility index (Phi) is 3.86. The van der Waals surface area contributed by atoms with Gasteiger partial charge in [-0.15, -0.1) is 5.10 Å². The quantitative estimate of drug-likeness (QED) is 0.793. The van der Waals surface area contributed by atoms with Crippen LogP contribution < -0.4 is 4.90 Å². The van der Waals surface area contributed by atoms with Crippen LogP contribution >= 0.6 is 0 Å². The zero-order valence-electron chi connectivity index (χ0n) is 14.0. The van der Waals surface area contributed by atoms with Gasteiger partial charge in [-0.3, -0.25) is 9.88 Å². The first-order chi connectivity index (χ1) is 11.7. The lowest BCUT2D eigenvalue weighted by Crippen LogP contribution is -2.24. The summed E-state index contributed by atoms with van der Waals surface area (Å²) in [6.07, 6.45) is 7.76. The maximum absolute atomic E-state index is 4.46. The van der Waals surface area contributed by atoms with Crippen LogP contribution in [0.1, 0.15) is 30.1 Å². The molecule has 1 aliphatic rings. The number of likely N-dealkylation sites (tertiary alicyclic amines) is 1. The molecule has 0 bridgehead atoms. The summed E-state index contributed by atoms with van der Waals surface area (Å²) < 4.78 is 0. The molecule has 3 aromatic rings. The monoisotopic (exact) mass is 323 g/mol. The average Bonchev–Trinajstić information content (AvgIpc) is 3.23. The summed E-state index contributed by atoms with van der Waals surface area (Å²) in [5.74, 6) is 0.884. The van der Waals surface area contributed by atoms with Crippen LogP contribution in [0.4, 0.5) is 5.82 Å². The highest BCUT2D eigenvalue weighted by Crippen LogP contribution is 2.32. The van der Waals surface area contributed by atoms with Crippen molar-refractivity contribution in [1.29, 1.82) is 0 Å². The van der Waals surface area contributed by atoms with Crippen molar-refractivity contribution in [2.24, 2.45) is 0 Å². The molecular formula is C17H21N7. The van der Waals surface area contributed by atoms with E-state index in [-0.39, 0.29) is 0 Å². The molecule has 7 nitrogen and oxygen atoms in total. The van der Waals surface area contributed by atoms with E-state index in [0.29, 0.717) is 6.04 Å². The third-order valence-electron chi connectivity index (χ3n) is 4.59. The molecule has 7 heteroatoms. The molecule has 4 rings (SSSR count). The summed E-state index contributed by atoms with van der Waals surface area (Å²) in [4.78, 5) is 16.4. The van der Waals surface area contributed by atoms with E-state index in [1.807, 2.05) is 31.3 Å². The molecular weight excluding hydrogens is 302 g/mol. The third kappa shape index (κ3) is 2.71. The van der Waals surface area contributed by atoms with E-state index in [1.54, 1.807) is 12.4 Å². The number of H-pyrrole nitrogens is 1. The van der Waals surface area contributed by atoms with Crippen LogP contribution in [0.5, 0.6) is 0 Å². The van der Waals surface area contributed by atoms with Gasteiger partial charge in [0, 0.05) is 44.8 Å². The number of fused-ring (bicyclic) bond motifs is 1. The van der Waals surface area contributed by atoms with E-state index in [9.17, 15) is 0 Å². The Morgan fingerprint density at radius 1 is 1.21 bits per heavy atom. The average molecular weight is 323 g/mol. The molecule has 4 heterocycles. The van der Waals surface area contributed by atoms with Crippen molar-refractivity contribution in [2.75, 3.05) is 25.5 Å². The zero-order chi connectivity index (χ0) is 16.5. The molecule has 1 saturated heterocycles. The van der Waals surface area contributed by atoms with Crippen molar-refractivity contribution >= 4 is 17.0 Å². The zero-order valence-corrected chi connectivity index (χ0v) is 14.0. The smallest absolute Gasteiger partial charge is 0.156 e. The Morgan fingerprint density at radius 2 is 2.08 bits per heavy atom. The highest BCUT2D eigenvalue weighted by molar-refractivity contribution is 5.74. The van der Waals surface area contributed by atoms with E-state index in [2.05, 4.69) is 36.1 Å². The lowest BCUT2D eigenvalue weighted by Gasteiger charge is -2.23. The number of aromatic amines is 1. The van der Waals surface area contributed by atoms with Crippen LogP contribution in [0.15, 0.2) is 30.7 Å². The normalized spacial score (nSPS) is 18.3. The van der Waals surface area contributed by atoms with Crippen molar-refractivity contribution in [1.82, 2.24) is 30.0 Å². The van der Waals surface area contributed by atoms with Crippen molar-refractivity contribution in [3.8, 4) is 0 Å². The van der Waals surface area contributed by atoms with E-state index in [4.69, 9.17) is 0 Å². The van der Waals surface area contributed by atoms with Gasteiger partial charge < -0.3 is 9.88 Å². The van der Waals surface area contributed by atoms with E-state index in [0.717, 1.165) is 42.2 Å². The molecule has 0 radical (unpaired) electrons. The second-order valence-corrected chi connectivity index (χ2v) is 6.41. The van der Waals surface area contributed by atoms with Gasteiger partial charge in [0.2, 0.25) is 0 Å². The van der Waals surface area contributed by atoms with Crippen LogP contribution in [-0.4, -0.2) is 50.7 Å². The number of hydrogen-bond donors (Lipinski definition) is 1. The number of nitrogens with one attached hydrogen (secondary N) is 1. The molecule has 0 saturated carbocycles. The maximum Gasteiger partial charge on any atom is 0.156 e. The Bertz CT molecular complexity index is 824. The van der Waals surface area contributed by atoms with E-state index < -0.39 is 0 Å². The second kappa shape index (κ2) is 6.16. The van der Waals surface area contributed by atoms with Gasteiger partial charge in [-0.05, 0) is 31.5 Å². The number of nitrogens with zero attached hydrogens (tertiary/aromatic N) is 6. The van der Waals surface area contributed by atoms with Gasteiger partial charge in [0.15, 0.2) is 11.5 Å². The molecule has 24 heavy (non-hydrogen) atoms. The number of hydrogen-bond acceptors (Lipinski definition) is 6. The Hall–Kier alpha value is -2.54. The SMILES string of the molecule is CN(C)c1ccc(C2CCCN2Cc2c[nH]c3nccnc23)nn1.